The highest BCUT2D eigenvalue weighted by Crippen LogP contribution is 2.43. The smallest absolute Gasteiger partial charge is 0.372 e. The Balaban J connectivity index is 2.49. The first-order valence-electron chi connectivity index (χ1n) is 11.9. The molecule has 1 aliphatic carbocycles. The number of halogens is 4. The predicted molar refractivity (Wildman–Crippen MR) is 140 cm³/mol. The van der Waals surface area contributed by atoms with Gasteiger partial charge in [-0.05, 0) is 57.6 Å². The van der Waals surface area contributed by atoms with Gasteiger partial charge < -0.3 is 21.7 Å². The maximum Gasteiger partial charge on any atom is 0.412 e. The predicted octanol–water partition coefficient (Wildman–Crippen LogP) is 5.91. The van der Waals surface area contributed by atoms with Crippen molar-refractivity contribution in [2.24, 2.45) is 16.1 Å². The third-order valence-electron chi connectivity index (χ3n) is 6.38. The van der Waals surface area contributed by atoms with Crippen molar-refractivity contribution in [3.63, 3.8) is 0 Å². The summed E-state index contributed by atoms with van der Waals surface area (Å²) in [5.41, 5.74) is 6.65. The van der Waals surface area contributed by atoms with Gasteiger partial charge >= 0.3 is 6.18 Å². The molecule has 2 unspecified atom stereocenters. The van der Waals surface area contributed by atoms with E-state index in [1.165, 1.54) is 24.6 Å². The van der Waals surface area contributed by atoms with Crippen LogP contribution < -0.4 is 21.7 Å². The van der Waals surface area contributed by atoms with Crippen LogP contribution in [0.5, 0.6) is 0 Å². The molecule has 5 nitrogen and oxygen atoms in total. The van der Waals surface area contributed by atoms with Gasteiger partial charge in [-0.2, -0.15) is 13.2 Å². The molecule has 0 radical (unpaired) electrons. The largest absolute Gasteiger partial charge is 0.412 e. The van der Waals surface area contributed by atoms with Crippen molar-refractivity contribution < 1.29 is 13.2 Å². The fourth-order valence-corrected chi connectivity index (χ4v) is 4.04. The summed E-state index contributed by atoms with van der Waals surface area (Å²) in [6.07, 6.45) is 9.16. The van der Waals surface area contributed by atoms with Crippen LogP contribution in [0.25, 0.3) is 0 Å². The molecule has 5 N–H and O–H groups in total. The molecule has 0 spiro atoms. The zero-order valence-corrected chi connectivity index (χ0v) is 21.7. The van der Waals surface area contributed by atoms with E-state index in [1.54, 1.807) is 39.0 Å². The first-order valence-corrected chi connectivity index (χ1v) is 12.3. The number of rotatable bonds is 11. The highest BCUT2D eigenvalue weighted by molar-refractivity contribution is 6.31. The lowest BCUT2D eigenvalue weighted by atomic mass is 9.67. The van der Waals surface area contributed by atoms with Gasteiger partial charge in [0.15, 0.2) is 6.04 Å². The van der Waals surface area contributed by atoms with Gasteiger partial charge in [-0.25, -0.2) is 4.99 Å². The van der Waals surface area contributed by atoms with Gasteiger partial charge in [0.05, 0.1) is 0 Å². The highest BCUT2D eigenvalue weighted by atomic mass is 35.5. The summed E-state index contributed by atoms with van der Waals surface area (Å²) in [6, 6.07) is -2.78. The van der Waals surface area contributed by atoms with Gasteiger partial charge in [0.1, 0.15) is 11.7 Å². The normalized spacial score (nSPS) is 21.1. The van der Waals surface area contributed by atoms with Gasteiger partial charge in [-0.3, -0.25) is 0 Å². The van der Waals surface area contributed by atoms with Crippen LogP contribution in [0, 0.1) is 5.41 Å². The molecule has 0 aromatic carbocycles. The van der Waals surface area contributed by atoms with E-state index in [9.17, 15) is 13.2 Å². The summed E-state index contributed by atoms with van der Waals surface area (Å²) in [7, 11) is 0. The van der Waals surface area contributed by atoms with Gasteiger partial charge in [0, 0.05) is 40.7 Å². The second-order valence-electron chi connectivity index (χ2n) is 9.03. The standard InChI is InChI=1S/C26H37ClF3N5/c1-6-9-11-21(18(5)31)34-23(26(28,29)30)20(15-19(27)7-2)24-33-17(4)14-22(35-24)32-16-25(8-3)12-10-13-25/h6-7,9,11,14-15,18,23,32,34H,4,8,10,12-13,16,31H2,1-3,5H3,(H,33,35)/b9-6-,19-7+,20-15-,21-11+. The van der Waals surface area contributed by atoms with E-state index in [4.69, 9.17) is 17.3 Å². The molecule has 1 heterocycles. The molecule has 0 aromatic heterocycles. The van der Waals surface area contributed by atoms with Crippen LogP contribution in [0.3, 0.4) is 0 Å². The number of allylic oxidation sites excluding steroid dienone is 7. The van der Waals surface area contributed by atoms with Gasteiger partial charge in [0.25, 0.3) is 0 Å². The minimum atomic E-state index is -4.67. The van der Waals surface area contributed by atoms with E-state index >= 15 is 0 Å². The number of alkyl halides is 3. The molecule has 0 saturated heterocycles. The average Bonchev–Trinajstić information content (AvgIpc) is 2.76. The number of hydrogen-bond acceptors (Lipinski definition) is 5. The summed E-state index contributed by atoms with van der Waals surface area (Å²) < 4.78 is 43.3. The maximum absolute atomic E-state index is 14.4. The van der Waals surface area contributed by atoms with E-state index < -0.39 is 18.3 Å². The Labute approximate surface area is 211 Å². The second-order valence-corrected chi connectivity index (χ2v) is 9.47. The molecule has 1 aliphatic heterocycles. The molecule has 1 fully saturated rings. The number of amidine groups is 1. The summed E-state index contributed by atoms with van der Waals surface area (Å²) in [6.45, 7) is 11.8. The number of nitrogens with one attached hydrogen (secondary N) is 3. The van der Waals surface area contributed by atoms with E-state index in [-0.39, 0.29) is 27.6 Å². The fourth-order valence-electron chi connectivity index (χ4n) is 3.93. The third kappa shape index (κ3) is 8.04. The minimum absolute atomic E-state index is 0.0176. The lowest BCUT2D eigenvalue weighted by Crippen LogP contribution is -2.50. The lowest BCUT2D eigenvalue weighted by molar-refractivity contribution is -0.144. The first kappa shape index (κ1) is 28.8. The van der Waals surface area contributed by atoms with Crippen LogP contribution in [-0.2, 0) is 0 Å². The van der Waals surface area contributed by atoms with Crippen molar-refractivity contribution in [2.75, 3.05) is 6.54 Å². The Hall–Kier alpha value is -2.45. The second kappa shape index (κ2) is 12.5. The molecule has 0 aromatic rings. The van der Waals surface area contributed by atoms with Crippen LogP contribution in [0.2, 0.25) is 0 Å². The summed E-state index contributed by atoms with van der Waals surface area (Å²) in [5, 5.41) is 8.94. The van der Waals surface area contributed by atoms with Crippen molar-refractivity contribution in [1.82, 2.24) is 16.0 Å². The van der Waals surface area contributed by atoms with Gasteiger partial charge in [-0.1, -0.05) is 49.8 Å². The van der Waals surface area contributed by atoms with E-state index in [1.807, 2.05) is 0 Å². The van der Waals surface area contributed by atoms with Crippen molar-refractivity contribution in [2.45, 2.75) is 71.6 Å². The lowest BCUT2D eigenvalue weighted by Gasteiger charge is -2.41. The van der Waals surface area contributed by atoms with E-state index in [2.05, 4.69) is 34.4 Å². The third-order valence-corrected chi connectivity index (χ3v) is 6.71. The molecule has 1 saturated carbocycles. The molecular weight excluding hydrogens is 475 g/mol. The molecule has 9 heteroatoms. The SMILES string of the molecule is C=C1C=C(NCC2(CC)CCC2)N=C(/C(=C\C(Cl)=C/C)C(N/C(=C/C=C\C)C(C)N)C(F)(F)F)N1. The topological polar surface area (TPSA) is 74.5 Å². The molecule has 35 heavy (non-hydrogen) atoms. The Bertz CT molecular complexity index is 945. The number of nitrogens with zero attached hydrogens (tertiary/aromatic N) is 1. The van der Waals surface area contributed by atoms with Crippen molar-refractivity contribution in [1.29, 1.82) is 0 Å². The summed E-state index contributed by atoms with van der Waals surface area (Å²) in [4.78, 5) is 4.50. The van der Waals surface area contributed by atoms with Crippen molar-refractivity contribution >= 4 is 17.4 Å². The van der Waals surface area contributed by atoms with E-state index in [0.717, 1.165) is 19.3 Å². The molecular formula is C26H37ClF3N5. The summed E-state index contributed by atoms with van der Waals surface area (Å²) >= 11 is 6.20. The van der Waals surface area contributed by atoms with Crippen molar-refractivity contribution in [3.05, 3.63) is 70.9 Å². The van der Waals surface area contributed by atoms with Crippen LogP contribution >= 0.6 is 11.6 Å². The van der Waals surface area contributed by atoms with Gasteiger partial charge in [0.2, 0.25) is 0 Å². The Morgan fingerprint density at radius 1 is 1.37 bits per heavy atom. The molecule has 2 rings (SSSR count). The monoisotopic (exact) mass is 511 g/mol. The number of hydrogen-bond donors (Lipinski definition) is 4. The van der Waals surface area contributed by atoms with Crippen molar-refractivity contribution in [3.8, 4) is 0 Å². The average molecular weight is 512 g/mol. The Morgan fingerprint density at radius 2 is 2.06 bits per heavy atom. The zero-order valence-electron chi connectivity index (χ0n) is 20.9. The van der Waals surface area contributed by atoms with Crippen LogP contribution in [0.15, 0.2) is 75.8 Å². The minimum Gasteiger partial charge on any atom is -0.372 e. The zero-order chi connectivity index (χ0) is 26.2. The molecule has 2 aliphatic rings. The number of aliphatic imine (C=N–C) groups is 1. The van der Waals surface area contributed by atoms with Crippen LogP contribution in [-0.4, -0.2) is 30.6 Å². The molecule has 2 atom stereocenters. The van der Waals surface area contributed by atoms with Crippen LogP contribution in [0.4, 0.5) is 13.2 Å². The fraction of sp³-hybridized carbons (Fsp3) is 0.500. The van der Waals surface area contributed by atoms with Crippen LogP contribution in [0.1, 0.15) is 53.4 Å². The Kier molecular flexibility index (Phi) is 10.3. The maximum atomic E-state index is 14.4. The molecule has 194 valence electrons. The Morgan fingerprint density at radius 3 is 2.54 bits per heavy atom. The quantitative estimate of drug-likeness (QED) is 0.260. The summed E-state index contributed by atoms with van der Waals surface area (Å²) in [5.74, 6) is 0.479. The first-order chi connectivity index (χ1) is 16.4. The molecule has 0 bridgehead atoms. The highest BCUT2D eigenvalue weighted by Gasteiger charge is 2.45. The van der Waals surface area contributed by atoms with E-state index in [0.29, 0.717) is 18.1 Å². The van der Waals surface area contributed by atoms with Gasteiger partial charge in [-0.15, -0.1) is 0 Å². The number of nitrogens with two attached hydrogens (primary N) is 1. The molecule has 0 amide bonds.